The first kappa shape index (κ1) is 25.2. The van der Waals surface area contributed by atoms with E-state index in [0.29, 0.717) is 41.0 Å². The first-order valence-electron chi connectivity index (χ1n) is 11.2. The molecule has 0 spiro atoms. The van der Waals surface area contributed by atoms with Crippen LogP contribution in [0.5, 0.6) is 0 Å². The van der Waals surface area contributed by atoms with E-state index in [1.54, 1.807) is 24.6 Å². The molecule has 5 rings (SSSR count). The van der Waals surface area contributed by atoms with E-state index in [2.05, 4.69) is 31.5 Å². The van der Waals surface area contributed by atoms with Gasteiger partial charge in [-0.15, -0.1) is 0 Å². The van der Waals surface area contributed by atoms with Gasteiger partial charge >= 0.3 is 0 Å². The van der Waals surface area contributed by atoms with E-state index < -0.39 is 0 Å². The molecule has 1 aromatic carbocycles. The third-order valence-electron chi connectivity index (χ3n) is 6.30. The number of aryl methyl sites for hydroxylation is 2. The number of rotatable bonds is 5. The highest BCUT2D eigenvalue weighted by molar-refractivity contribution is 9.10. The largest absolute Gasteiger partial charge is 0.370 e. The molecule has 0 unspecified atom stereocenters. The van der Waals surface area contributed by atoms with Gasteiger partial charge in [0.15, 0.2) is 5.65 Å². The molecule has 0 aliphatic carbocycles. The van der Waals surface area contributed by atoms with E-state index in [4.69, 9.17) is 21.1 Å². The summed E-state index contributed by atoms with van der Waals surface area (Å²) in [6, 6.07) is 9.65. The quantitative estimate of drug-likeness (QED) is 0.322. The van der Waals surface area contributed by atoms with Crippen molar-refractivity contribution < 1.29 is 9.32 Å². The van der Waals surface area contributed by atoms with E-state index in [-0.39, 0.29) is 13.3 Å². The fraction of sp³-hybridized carbons (Fsp3) is 0.360. The number of anilines is 1. The van der Waals surface area contributed by atoms with Crippen molar-refractivity contribution in [1.29, 1.82) is 0 Å². The summed E-state index contributed by atoms with van der Waals surface area (Å²) in [5.41, 5.74) is 3.61. The van der Waals surface area contributed by atoms with Gasteiger partial charge in [0.2, 0.25) is 0 Å². The maximum atomic E-state index is 12.9. The number of benzene rings is 1. The summed E-state index contributed by atoms with van der Waals surface area (Å²) in [5.74, 6) is 1.86. The molecule has 0 atom stereocenters. The molecule has 10 heteroatoms. The monoisotopic (exact) mass is 558 g/mol. The van der Waals surface area contributed by atoms with Crippen molar-refractivity contribution in [1.82, 2.24) is 24.7 Å². The smallest absolute Gasteiger partial charge is 0.259 e. The predicted octanol–water partition coefficient (Wildman–Crippen LogP) is 6.02. The van der Waals surface area contributed by atoms with Gasteiger partial charge in [-0.3, -0.25) is 4.79 Å². The molecule has 184 valence electrons. The molecule has 1 N–H and O–H groups in total. The van der Waals surface area contributed by atoms with Crippen LogP contribution in [0, 0.1) is 19.8 Å². The number of hydrogen-bond donors (Lipinski definition) is 1. The molecule has 3 aromatic heterocycles. The Kier molecular flexibility index (Phi) is 7.47. The number of amides is 1. The van der Waals surface area contributed by atoms with Gasteiger partial charge in [-0.2, -0.15) is 9.61 Å². The van der Waals surface area contributed by atoms with Crippen molar-refractivity contribution in [3.05, 3.63) is 63.0 Å². The van der Waals surface area contributed by atoms with Gasteiger partial charge in [-0.25, -0.2) is 4.98 Å². The van der Waals surface area contributed by atoms with Crippen LogP contribution < -0.4 is 5.32 Å². The van der Waals surface area contributed by atoms with Crippen LogP contribution in [-0.4, -0.2) is 50.2 Å². The lowest BCUT2D eigenvalue weighted by molar-refractivity contribution is 0.0692. The van der Waals surface area contributed by atoms with Crippen molar-refractivity contribution in [2.45, 2.75) is 34.1 Å². The SMILES string of the molecule is C.Cc1noc(C)c1C(=O)N1CCC(CNc2cc(-c3ccccc3Cl)nc3c(Br)cnn23)CC1. The van der Waals surface area contributed by atoms with Crippen LogP contribution in [0.25, 0.3) is 16.9 Å². The maximum absolute atomic E-state index is 12.9. The molecule has 4 aromatic rings. The minimum Gasteiger partial charge on any atom is -0.370 e. The molecular formula is C25H28BrClN6O2. The van der Waals surface area contributed by atoms with Crippen LogP contribution in [0.4, 0.5) is 5.82 Å². The molecule has 0 radical (unpaired) electrons. The van der Waals surface area contributed by atoms with Gasteiger partial charge in [0.05, 0.1) is 22.1 Å². The van der Waals surface area contributed by atoms with Crippen LogP contribution in [0.3, 0.4) is 0 Å². The number of aromatic nitrogens is 4. The van der Waals surface area contributed by atoms with Crippen molar-refractivity contribution >= 4 is 44.9 Å². The zero-order valence-electron chi connectivity index (χ0n) is 18.9. The fourth-order valence-corrected chi connectivity index (χ4v) is 4.99. The van der Waals surface area contributed by atoms with Gasteiger partial charge < -0.3 is 14.7 Å². The van der Waals surface area contributed by atoms with Crippen molar-refractivity contribution in [3.8, 4) is 11.3 Å². The van der Waals surface area contributed by atoms with Gasteiger partial charge in [0.1, 0.15) is 17.1 Å². The van der Waals surface area contributed by atoms with Crippen LogP contribution in [0.15, 0.2) is 45.5 Å². The number of likely N-dealkylation sites (tertiary alicyclic amines) is 1. The lowest BCUT2D eigenvalue weighted by Gasteiger charge is -2.32. The highest BCUT2D eigenvalue weighted by atomic mass is 79.9. The summed E-state index contributed by atoms with van der Waals surface area (Å²) in [5, 5.41) is 12.6. The van der Waals surface area contributed by atoms with Crippen molar-refractivity contribution in [2.24, 2.45) is 5.92 Å². The Balaban J connectivity index is 0.00000289. The number of hydrogen-bond acceptors (Lipinski definition) is 6. The summed E-state index contributed by atoms with van der Waals surface area (Å²) >= 11 is 9.98. The Morgan fingerprint density at radius 2 is 2.00 bits per heavy atom. The first-order chi connectivity index (χ1) is 16.4. The predicted molar refractivity (Wildman–Crippen MR) is 141 cm³/mol. The van der Waals surface area contributed by atoms with Crippen LogP contribution in [0.1, 0.15) is 42.1 Å². The molecule has 0 bridgehead atoms. The van der Waals surface area contributed by atoms with Gasteiger partial charge in [-0.1, -0.05) is 42.4 Å². The number of fused-ring (bicyclic) bond motifs is 1. The Labute approximate surface area is 217 Å². The summed E-state index contributed by atoms with van der Waals surface area (Å²) in [6.45, 7) is 5.77. The maximum Gasteiger partial charge on any atom is 0.259 e. The molecule has 1 aliphatic heterocycles. The Bertz CT molecular complexity index is 1340. The molecule has 0 saturated carbocycles. The van der Waals surface area contributed by atoms with E-state index >= 15 is 0 Å². The number of piperidine rings is 1. The Morgan fingerprint density at radius 3 is 2.69 bits per heavy atom. The zero-order chi connectivity index (χ0) is 23.8. The summed E-state index contributed by atoms with van der Waals surface area (Å²) in [4.78, 5) is 19.6. The number of nitrogens with zero attached hydrogens (tertiary/aromatic N) is 5. The standard InChI is InChI=1S/C24H24BrClN6O2.CH4/c1-14-22(15(2)34-30-14)24(33)31-9-7-16(8-10-31)12-27-21-11-20(17-5-3-4-6-19(17)26)29-23-18(25)13-28-32(21)23;/h3-6,11,13,16,27H,7-10,12H2,1-2H3;1H4. The summed E-state index contributed by atoms with van der Waals surface area (Å²) < 4.78 is 7.78. The van der Waals surface area contributed by atoms with E-state index in [1.165, 1.54) is 0 Å². The molecule has 1 fully saturated rings. The topological polar surface area (TPSA) is 88.6 Å². The summed E-state index contributed by atoms with van der Waals surface area (Å²) in [7, 11) is 0. The van der Waals surface area contributed by atoms with Gasteiger partial charge in [0.25, 0.3) is 5.91 Å². The lowest BCUT2D eigenvalue weighted by atomic mass is 9.96. The van der Waals surface area contributed by atoms with Crippen LogP contribution >= 0.6 is 27.5 Å². The molecule has 1 amide bonds. The average Bonchev–Trinajstić information content (AvgIpc) is 3.39. The van der Waals surface area contributed by atoms with Crippen LogP contribution in [-0.2, 0) is 0 Å². The normalized spacial score (nSPS) is 14.2. The minimum absolute atomic E-state index is 0. The van der Waals surface area contributed by atoms with E-state index in [0.717, 1.165) is 46.6 Å². The molecule has 4 heterocycles. The second-order valence-electron chi connectivity index (χ2n) is 8.55. The third kappa shape index (κ3) is 4.92. The fourth-order valence-electron chi connectivity index (χ4n) is 4.40. The summed E-state index contributed by atoms with van der Waals surface area (Å²) in [6.07, 6.45) is 3.57. The molecular weight excluding hydrogens is 532 g/mol. The molecule has 35 heavy (non-hydrogen) atoms. The number of carbonyl (C=O) groups excluding carboxylic acids is 1. The van der Waals surface area contributed by atoms with Gasteiger partial charge in [0, 0.05) is 36.3 Å². The third-order valence-corrected chi connectivity index (χ3v) is 7.19. The Morgan fingerprint density at radius 1 is 1.26 bits per heavy atom. The number of halogens is 2. The highest BCUT2D eigenvalue weighted by Gasteiger charge is 2.27. The highest BCUT2D eigenvalue weighted by Crippen LogP contribution is 2.31. The molecule has 1 saturated heterocycles. The Hall–Kier alpha value is -2.91. The van der Waals surface area contributed by atoms with E-state index in [9.17, 15) is 4.79 Å². The second-order valence-corrected chi connectivity index (χ2v) is 9.81. The number of nitrogens with one attached hydrogen (secondary N) is 1. The van der Waals surface area contributed by atoms with E-state index in [1.807, 2.05) is 35.2 Å². The van der Waals surface area contributed by atoms with Crippen molar-refractivity contribution in [2.75, 3.05) is 25.0 Å². The van der Waals surface area contributed by atoms with Crippen LogP contribution in [0.2, 0.25) is 5.02 Å². The average molecular weight is 560 g/mol. The zero-order valence-corrected chi connectivity index (χ0v) is 21.2. The van der Waals surface area contributed by atoms with Gasteiger partial charge in [-0.05, 0) is 54.6 Å². The first-order valence-corrected chi connectivity index (χ1v) is 12.3. The number of carbonyl (C=O) groups is 1. The molecule has 8 nitrogen and oxygen atoms in total. The second kappa shape index (κ2) is 10.4. The lowest BCUT2D eigenvalue weighted by Crippen LogP contribution is -2.40. The minimum atomic E-state index is 0. The molecule has 1 aliphatic rings. The van der Waals surface area contributed by atoms with Crippen molar-refractivity contribution in [3.63, 3.8) is 0 Å².